The van der Waals surface area contributed by atoms with Crippen molar-refractivity contribution in [1.29, 1.82) is 0 Å². The van der Waals surface area contributed by atoms with E-state index in [-0.39, 0.29) is 11.6 Å². The SMILES string of the molecule is C[C@@H]1Cc2c(ccc3[nH]ncc23)[C@@H](c2c(F)cc(N3CCC4(CC3)CNC4)cc2F)N1CC(F)F. The summed E-state index contributed by atoms with van der Waals surface area (Å²) in [6.45, 7) is 4.79. The molecule has 3 aliphatic heterocycles. The lowest BCUT2D eigenvalue weighted by Gasteiger charge is -2.49. The van der Waals surface area contributed by atoms with Gasteiger partial charge in [0.15, 0.2) is 0 Å². The van der Waals surface area contributed by atoms with Crippen molar-refractivity contribution in [3.63, 3.8) is 0 Å². The molecule has 3 aliphatic rings. The highest BCUT2D eigenvalue weighted by atomic mass is 19.3. The van der Waals surface area contributed by atoms with Gasteiger partial charge in [0, 0.05) is 48.9 Å². The summed E-state index contributed by atoms with van der Waals surface area (Å²) in [7, 11) is 0. The predicted octanol–water partition coefficient (Wildman–Crippen LogP) is 4.63. The number of alkyl halides is 2. The molecular formula is C26H29F4N5. The summed E-state index contributed by atoms with van der Waals surface area (Å²) in [5.41, 5.74) is 3.04. The molecular weight excluding hydrogens is 458 g/mol. The third kappa shape index (κ3) is 3.80. The van der Waals surface area contributed by atoms with Gasteiger partial charge < -0.3 is 10.2 Å². The van der Waals surface area contributed by atoms with Crippen LogP contribution in [0.15, 0.2) is 30.5 Å². The first-order valence-electron chi connectivity index (χ1n) is 12.3. The highest BCUT2D eigenvalue weighted by Gasteiger charge is 2.41. The van der Waals surface area contributed by atoms with Crippen LogP contribution in [0.3, 0.4) is 0 Å². The van der Waals surface area contributed by atoms with Gasteiger partial charge in [0.25, 0.3) is 6.43 Å². The molecule has 9 heteroatoms. The Bertz CT molecular complexity index is 1220. The molecule has 186 valence electrons. The summed E-state index contributed by atoms with van der Waals surface area (Å²) in [5, 5.41) is 11.2. The minimum atomic E-state index is -2.62. The second kappa shape index (κ2) is 8.48. The maximum absolute atomic E-state index is 15.8. The minimum absolute atomic E-state index is 0.165. The maximum Gasteiger partial charge on any atom is 0.251 e. The van der Waals surface area contributed by atoms with Crippen LogP contribution < -0.4 is 10.2 Å². The standard InChI is InChI=1S/C26H29F4N5/c1-15-8-18-17(2-3-22-19(18)11-32-33-22)25(35(15)12-23(29)30)24-20(27)9-16(10-21(24)28)34-6-4-26(5-7-34)13-31-14-26/h2-3,9-11,15,23,25,31H,4-8,12-14H2,1H3,(H,32,33)/t15-,25+/m1/s1. The predicted molar refractivity (Wildman–Crippen MR) is 127 cm³/mol. The van der Waals surface area contributed by atoms with E-state index < -0.39 is 30.6 Å². The summed E-state index contributed by atoms with van der Waals surface area (Å²) in [5.74, 6) is -1.38. The topological polar surface area (TPSA) is 47.2 Å². The van der Waals surface area contributed by atoms with E-state index >= 15 is 8.78 Å². The van der Waals surface area contributed by atoms with Crippen LogP contribution in [-0.4, -0.2) is 60.3 Å². The van der Waals surface area contributed by atoms with E-state index in [9.17, 15) is 8.78 Å². The Morgan fingerprint density at radius 3 is 2.46 bits per heavy atom. The number of piperidine rings is 1. The Balaban J connectivity index is 1.40. The lowest BCUT2D eigenvalue weighted by atomic mass is 9.73. The molecule has 2 aromatic carbocycles. The number of benzene rings is 2. The van der Waals surface area contributed by atoms with Crippen molar-refractivity contribution in [2.75, 3.05) is 37.6 Å². The van der Waals surface area contributed by atoms with Crippen LogP contribution in [-0.2, 0) is 6.42 Å². The van der Waals surface area contributed by atoms with Gasteiger partial charge >= 0.3 is 0 Å². The molecule has 2 saturated heterocycles. The van der Waals surface area contributed by atoms with E-state index in [1.165, 1.54) is 17.0 Å². The molecule has 1 spiro atoms. The molecule has 0 saturated carbocycles. The van der Waals surface area contributed by atoms with Crippen molar-refractivity contribution in [1.82, 2.24) is 20.4 Å². The lowest BCUT2D eigenvalue weighted by Crippen LogP contribution is -2.58. The number of hydrogen-bond donors (Lipinski definition) is 2. The summed E-state index contributed by atoms with van der Waals surface area (Å²) in [6, 6.07) is 5.08. The first-order chi connectivity index (χ1) is 16.8. The van der Waals surface area contributed by atoms with E-state index in [4.69, 9.17) is 0 Å². The zero-order valence-electron chi connectivity index (χ0n) is 19.6. The van der Waals surface area contributed by atoms with Gasteiger partial charge in [-0.05, 0) is 60.9 Å². The number of halogens is 4. The first-order valence-corrected chi connectivity index (χ1v) is 12.3. The second-order valence-corrected chi connectivity index (χ2v) is 10.4. The number of nitrogens with one attached hydrogen (secondary N) is 2. The van der Waals surface area contributed by atoms with E-state index in [1.807, 2.05) is 11.8 Å². The van der Waals surface area contributed by atoms with Gasteiger partial charge in [0.1, 0.15) is 11.6 Å². The number of nitrogens with zero attached hydrogens (tertiary/aromatic N) is 3. The molecule has 0 aliphatic carbocycles. The number of hydrogen-bond acceptors (Lipinski definition) is 4. The van der Waals surface area contributed by atoms with Gasteiger partial charge in [-0.25, -0.2) is 17.6 Å². The van der Waals surface area contributed by atoms with Gasteiger partial charge in [-0.15, -0.1) is 0 Å². The Morgan fingerprint density at radius 2 is 1.83 bits per heavy atom. The number of fused-ring (bicyclic) bond motifs is 3. The van der Waals surface area contributed by atoms with Crippen molar-refractivity contribution in [3.05, 3.63) is 58.8 Å². The fourth-order valence-corrected chi connectivity index (χ4v) is 6.27. The van der Waals surface area contributed by atoms with E-state index in [2.05, 4.69) is 15.5 Å². The number of aromatic nitrogens is 2. The molecule has 0 amide bonds. The summed E-state index contributed by atoms with van der Waals surface area (Å²) < 4.78 is 58.7. The van der Waals surface area contributed by atoms with Crippen LogP contribution in [0.5, 0.6) is 0 Å². The van der Waals surface area contributed by atoms with Gasteiger partial charge in [-0.1, -0.05) is 6.07 Å². The Kier molecular flexibility index (Phi) is 5.52. The van der Waals surface area contributed by atoms with Crippen LogP contribution in [0, 0.1) is 17.0 Å². The van der Waals surface area contributed by atoms with Crippen LogP contribution in [0.1, 0.15) is 42.5 Å². The fourth-order valence-electron chi connectivity index (χ4n) is 6.27. The molecule has 0 bridgehead atoms. The highest BCUT2D eigenvalue weighted by Crippen LogP contribution is 2.44. The van der Waals surface area contributed by atoms with Crippen molar-refractivity contribution in [3.8, 4) is 0 Å². The van der Waals surface area contributed by atoms with Crippen molar-refractivity contribution >= 4 is 16.6 Å². The van der Waals surface area contributed by atoms with Crippen molar-refractivity contribution in [2.45, 2.75) is 44.7 Å². The molecule has 0 unspecified atom stereocenters. The monoisotopic (exact) mass is 487 g/mol. The summed E-state index contributed by atoms with van der Waals surface area (Å²) in [4.78, 5) is 3.57. The van der Waals surface area contributed by atoms with E-state index in [0.29, 0.717) is 23.1 Å². The van der Waals surface area contributed by atoms with Crippen molar-refractivity contribution < 1.29 is 17.6 Å². The van der Waals surface area contributed by atoms with Crippen LogP contribution in [0.2, 0.25) is 0 Å². The second-order valence-electron chi connectivity index (χ2n) is 10.4. The normalized spacial score (nSPS) is 24.2. The lowest BCUT2D eigenvalue weighted by molar-refractivity contribution is 0.0447. The largest absolute Gasteiger partial charge is 0.371 e. The molecule has 2 N–H and O–H groups in total. The third-order valence-corrected chi connectivity index (χ3v) is 8.34. The van der Waals surface area contributed by atoms with Crippen LogP contribution >= 0.6 is 0 Å². The quantitative estimate of drug-likeness (QED) is 0.527. The Hall–Kier alpha value is -2.65. The molecule has 6 rings (SSSR count). The zero-order chi connectivity index (χ0) is 24.3. The number of rotatable bonds is 4. The smallest absolute Gasteiger partial charge is 0.251 e. The summed E-state index contributed by atoms with van der Waals surface area (Å²) in [6.07, 6.45) is 1.55. The van der Waals surface area contributed by atoms with Gasteiger partial charge in [-0.2, -0.15) is 5.10 Å². The van der Waals surface area contributed by atoms with Gasteiger partial charge in [0.2, 0.25) is 0 Å². The van der Waals surface area contributed by atoms with Gasteiger partial charge in [0.05, 0.1) is 24.3 Å². The minimum Gasteiger partial charge on any atom is -0.371 e. The number of anilines is 1. The van der Waals surface area contributed by atoms with E-state index in [0.717, 1.165) is 55.5 Å². The maximum atomic E-state index is 15.8. The average molecular weight is 488 g/mol. The molecule has 4 heterocycles. The highest BCUT2D eigenvalue weighted by molar-refractivity contribution is 5.83. The average Bonchev–Trinajstić information content (AvgIpc) is 3.28. The molecule has 1 aromatic heterocycles. The number of aromatic amines is 1. The molecule has 5 nitrogen and oxygen atoms in total. The Labute approximate surface area is 201 Å². The van der Waals surface area contributed by atoms with Crippen LogP contribution in [0.4, 0.5) is 23.2 Å². The molecule has 2 fully saturated rings. The molecule has 2 atom stereocenters. The van der Waals surface area contributed by atoms with E-state index in [1.54, 1.807) is 18.3 Å². The molecule has 3 aromatic rings. The summed E-state index contributed by atoms with van der Waals surface area (Å²) >= 11 is 0. The van der Waals surface area contributed by atoms with Crippen LogP contribution in [0.25, 0.3) is 10.9 Å². The van der Waals surface area contributed by atoms with Crippen molar-refractivity contribution in [2.24, 2.45) is 5.41 Å². The number of H-pyrrole nitrogens is 1. The molecule has 35 heavy (non-hydrogen) atoms. The first kappa shape index (κ1) is 22.8. The molecule has 0 radical (unpaired) electrons. The zero-order valence-corrected chi connectivity index (χ0v) is 19.6. The Morgan fingerprint density at radius 1 is 1.11 bits per heavy atom. The van der Waals surface area contributed by atoms with Gasteiger partial charge in [-0.3, -0.25) is 10.00 Å². The third-order valence-electron chi connectivity index (χ3n) is 8.34. The fraction of sp³-hybridized carbons (Fsp3) is 0.500.